The number of rotatable bonds is 2. The topological polar surface area (TPSA) is 78.9 Å². The lowest BCUT2D eigenvalue weighted by Crippen LogP contribution is -2.35. The zero-order valence-corrected chi connectivity index (χ0v) is 10.8. The average Bonchev–Trinajstić information content (AvgIpc) is 2.89. The van der Waals surface area contributed by atoms with Crippen LogP contribution in [0.5, 0.6) is 0 Å². The Labute approximate surface area is 110 Å². The van der Waals surface area contributed by atoms with Crippen LogP contribution in [-0.2, 0) is 28.6 Å². The standard InChI is InChI=1S/C13H16O6/c1-5(14)18-9-3-7-10-8(4-17-13(10)16)11(9)12(7)19-6(2)15/h7-12H,3-4H2,1-2H3/t7-,8+,9+,10-,11-,12-/m1/s1. The van der Waals surface area contributed by atoms with Gasteiger partial charge in [0.15, 0.2) is 0 Å². The molecule has 0 spiro atoms. The third-order valence-electron chi connectivity index (χ3n) is 4.46. The van der Waals surface area contributed by atoms with E-state index in [1.807, 2.05) is 0 Å². The molecule has 0 N–H and O–H groups in total. The highest BCUT2D eigenvalue weighted by molar-refractivity contribution is 5.77. The summed E-state index contributed by atoms with van der Waals surface area (Å²) in [6.45, 7) is 3.05. The van der Waals surface area contributed by atoms with Crippen LogP contribution in [0.1, 0.15) is 20.3 Å². The Kier molecular flexibility index (Phi) is 2.76. The van der Waals surface area contributed by atoms with E-state index in [9.17, 15) is 14.4 Å². The number of hydrogen-bond donors (Lipinski definition) is 0. The summed E-state index contributed by atoms with van der Waals surface area (Å²) in [4.78, 5) is 34.1. The Morgan fingerprint density at radius 3 is 2.47 bits per heavy atom. The molecule has 3 rings (SSSR count). The molecule has 0 aromatic heterocycles. The summed E-state index contributed by atoms with van der Waals surface area (Å²) in [5.41, 5.74) is 0. The van der Waals surface area contributed by atoms with Gasteiger partial charge in [-0.2, -0.15) is 0 Å². The maximum atomic E-state index is 11.7. The van der Waals surface area contributed by atoms with Gasteiger partial charge >= 0.3 is 17.9 Å². The van der Waals surface area contributed by atoms with E-state index in [-0.39, 0.29) is 53.8 Å². The van der Waals surface area contributed by atoms with E-state index >= 15 is 0 Å². The van der Waals surface area contributed by atoms with Crippen LogP contribution in [0.3, 0.4) is 0 Å². The maximum absolute atomic E-state index is 11.7. The Hall–Kier alpha value is -1.59. The molecule has 3 aliphatic rings. The summed E-state index contributed by atoms with van der Waals surface area (Å²) in [6, 6.07) is 0. The number of hydrogen-bond acceptors (Lipinski definition) is 6. The van der Waals surface area contributed by atoms with E-state index in [1.54, 1.807) is 0 Å². The monoisotopic (exact) mass is 268 g/mol. The van der Waals surface area contributed by atoms with Crippen LogP contribution >= 0.6 is 0 Å². The first-order valence-electron chi connectivity index (χ1n) is 6.50. The van der Waals surface area contributed by atoms with Crippen LogP contribution in [0.2, 0.25) is 0 Å². The van der Waals surface area contributed by atoms with Gasteiger partial charge in [0.1, 0.15) is 12.2 Å². The van der Waals surface area contributed by atoms with Crippen molar-refractivity contribution in [2.75, 3.05) is 6.61 Å². The maximum Gasteiger partial charge on any atom is 0.309 e. The van der Waals surface area contributed by atoms with Crippen LogP contribution in [0.25, 0.3) is 0 Å². The lowest BCUT2D eigenvalue weighted by atomic mass is 9.80. The first kappa shape index (κ1) is 12.4. The number of cyclic esters (lactones) is 1. The highest BCUT2D eigenvalue weighted by atomic mass is 16.6. The van der Waals surface area contributed by atoms with Crippen molar-refractivity contribution < 1.29 is 28.6 Å². The molecule has 19 heavy (non-hydrogen) atoms. The smallest absolute Gasteiger partial charge is 0.309 e. The van der Waals surface area contributed by atoms with Gasteiger partial charge in [0.05, 0.1) is 12.5 Å². The summed E-state index contributed by atoms with van der Waals surface area (Å²) in [6.07, 6.45) is -0.0364. The number of carbonyl (C=O) groups excluding carboxylic acids is 3. The van der Waals surface area contributed by atoms with Crippen molar-refractivity contribution in [3.05, 3.63) is 0 Å². The summed E-state index contributed by atoms with van der Waals surface area (Å²) in [5, 5.41) is 0. The molecule has 2 bridgehead atoms. The van der Waals surface area contributed by atoms with Crippen LogP contribution in [0.15, 0.2) is 0 Å². The third-order valence-corrected chi connectivity index (χ3v) is 4.46. The molecule has 3 fully saturated rings. The fourth-order valence-corrected chi connectivity index (χ4v) is 4.02. The lowest BCUT2D eigenvalue weighted by molar-refractivity contribution is -0.155. The van der Waals surface area contributed by atoms with Gasteiger partial charge in [-0.3, -0.25) is 14.4 Å². The van der Waals surface area contributed by atoms with Gasteiger partial charge in [-0.05, 0) is 6.42 Å². The zero-order chi connectivity index (χ0) is 13.7. The summed E-state index contributed by atoms with van der Waals surface area (Å²) < 4.78 is 15.7. The molecule has 6 nitrogen and oxygen atoms in total. The van der Waals surface area contributed by atoms with Gasteiger partial charge in [-0.25, -0.2) is 0 Å². The van der Waals surface area contributed by atoms with Crippen molar-refractivity contribution in [2.45, 2.75) is 32.5 Å². The molecular formula is C13H16O6. The van der Waals surface area contributed by atoms with Gasteiger partial charge in [0, 0.05) is 31.6 Å². The van der Waals surface area contributed by atoms with Crippen molar-refractivity contribution in [1.29, 1.82) is 0 Å². The molecule has 0 aromatic rings. The van der Waals surface area contributed by atoms with Gasteiger partial charge in [-0.1, -0.05) is 0 Å². The fraction of sp³-hybridized carbons (Fsp3) is 0.769. The Morgan fingerprint density at radius 1 is 1.16 bits per heavy atom. The second-order valence-electron chi connectivity index (χ2n) is 5.52. The highest BCUT2D eigenvalue weighted by Gasteiger charge is 2.66. The number of carbonyl (C=O) groups is 3. The predicted molar refractivity (Wildman–Crippen MR) is 60.6 cm³/mol. The van der Waals surface area contributed by atoms with E-state index in [0.717, 1.165) is 0 Å². The molecular weight excluding hydrogens is 252 g/mol. The summed E-state index contributed by atoms with van der Waals surface area (Å²) >= 11 is 0. The Balaban J connectivity index is 1.85. The minimum atomic E-state index is -0.364. The van der Waals surface area contributed by atoms with Gasteiger partial charge in [0.2, 0.25) is 0 Å². The van der Waals surface area contributed by atoms with E-state index in [2.05, 4.69) is 0 Å². The number of fused-ring (bicyclic) bond motifs is 5. The molecule has 6 atom stereocenters. The first-order chi connectivity index (χ1) is 8.99. The normalized spacial score (nSPS) is 42.7. The molecule has 0 aromatic carbocycles. The zero-order valence-electron chi connectivity index (χ0n) is 10.8. The van der Waals surface area contributed by atoms with E-state index < -0.39 is 0 Å². The first-order valence-corrected chi connectivity index (χ1v) is 6.50. The third kappa shape index (κ3) is 1.81. The van der Waals surface area contributed by atoms with E-state index in [1.165, 1.54) is 13.8 Å². The minimum Gasteiger partial charge on any atom is -0.465 e. The number of esters is 3. The summed E-state index contributed by atoms with van der Waals surface area (Å²) in [7, 11) is 0. The molecule has 0 radical (unpaired) electrons. The Morgan fingerprint density at radius 2 is 1.84 bits per heavy atom. The minimum absolute atomic E-state index is 0.0000463. The molecule has 104 valence electrons. The number of ether oxygens (including phenoxy) is 3. The molecule has 0 amide bonds. The molecule has 6 heteroatoms. The predicted octanol–water partition coefficient (Wildman–Crippen LogP) is 0.289. The molecule has 1 aliphatic heterocycles. The average molecular weight is 268 g/mol. The van der Waals surface area contributed by atoms with Gasteiger partial charge < -0.3 is 14.2 Å². The van der Waals surface area contributed by atoms with Crippen molar-refractivity contribution in [3.8, 4) is 0 Å². The van der Waals surface area contributed by atoms with Gasteiger partial charge in [-0.15, -0.1) is 0 Å². The second-order valence-corrected chi connectivity index (χ2v) is 5.52. The Bertz CT molecular complexity index is 444. The van der Waals surface area contributed by atoms with E-state index in [0.29, 0.717) is 13.0 Å². The molecule has 0 unspecified atom stereocenters. The van der Waals surface area contributed by atoms with Crippen molar-refractivity contribution >= 4 is 17.9 Å². The quantitative estimate of drug-likeness (QED) is 0.529. The van der Waals surface area contributed by atoms with E-state index in [4.69, 9.17) is 14.2 Å². The van der Waals surface area contributed by atoms with Crippen LogP contribution < -0.4 is 0 Å². The highest BCUT2D eigenvalue weighted by Crippen LogP contribution is 2.57. The second kappa shape index (κ2) is 4.21. The van der Waals surface area contributed by atoms with Crippen LogP contribution in [0.4, 0.5) is 0 Å². The van der Waals surface area contributed by atoms with Gasteiger partial charge in [0.25, 0.3) is 0 Å². The lowest BCUT2D eigenvalue weighted by Gasteiger charge is -2.27. The van der Waals surface area contributed by atoms with Crippen LogP contribution in [0, 0.1) is 23.7 Å². The molecule has 2 saturated carbocycles. The van der Waals surface area contributed by atoms with Crippen LogP contribution in [-0.4, -0.2) is 36.7 Å². The molecule has 1 heterocycles. The fourth-order valence-electron chi connectivity index (χ4n) is 4.02. The summed E-state index contributed by atoms with van der Waals surface area (Å²) in [5.74, 6) is -1.33. The van der Waals surface area contributed by atoms with Crippen molar-refractivity contribution in [3.63, 3.8) is 0 Å². The molecule has 1 saturated heterocycles. The SMILES string of the molecule is CC(=O)O[C@@H]1[C@@H]2C[C@H](OC(C)=O)[C@H]1[C@H]1COC(=O)[C@H]21. The molecule has 2 aliphatic carbocycles. The van der Waals surface area contributed by atoms with Crippen molar-refractivity contribution in [1.82, 2.24) is 0 Å². The van der Waals surface area contributed by atoms with Crippen molar-refractivity contribution in [2.24, 2.45) is 23.7 Å². The largest absolute Gasteiger partial charge is 0.465 e.